The highest BCUT2D eigenvalue weighted by molar-refractivity contribution is 5.97. The summed E-state index contributed by atoms with van der Waals surface area (Å²) in [6.45, 7) is 4.39. The number of amides is 2. The number of rotatable bonds is 13. The number of hydrogen-bond donors (Lipinski definition) is 1. The van der Waals surface area contributed by atoms with E-state index in [9.17, 15) is 9.59 Å². The number of ether oxygens (including phenoxy) is 2. The molecule has 1 aromatic rings. The van der Waals surface area contributed by atoms with Crippen molar-refractivity contribution in [3.63, 3.8) is 0 Å². The van der Waals surface area contributed by atoms with Gasteiger partial charge in [0.05, 0.1) is 14.2 Å². The molecule has 30 heavy (non-hydrogen) atoms. The van der Waals surface area contributed by atoms with Gasteiger partial charge in [-0.15, -0.1) is 6.58 Å². The number of carbonyl (C=O) groups excluding carboxylic acids is 2. The molecule has 1 aromatic carbocycles. The molecule has 0 radical (unpaired) electrons. The van der Waals surface area contributed by atoms with E-state index in [-0.39, 0.29) is 11.8 Å². The number of allylic oxidation sites excluding steroid dienone is 1. The predicted octanol–water partition coefficient (Wildman–Crippen LogP) is 4.94. The standard InChI is InChI=1S/C24H36N2O4/c1-4-5-6-7-8-9-10-11-14-23(27)26-15-12-13-22(26)24(28)25-19-16-20(29-2)18-21(17-19)30-3/h4,16-18,22H,1,5-15H2,2-3H3,(H,25,28). The molecule has 166 valence electrons. The topological polar surface area (TPSA) is 67.9 Å². The summed E-state index contributed by atoms with van der Waals surface area (Å²) in [6, 6.07) is 4.84. The summed E-state index contributed by atoms with van der Waals surface area (Å²) in [6.07, 6.45) is 11.9. The number of likely N-dealkylation sites (tertiary alicyclic amines) is 1. The second kappa shape index (κ2) is 12.9. The number of carbonyl (C=O) groups is 2. The molecule has 0 bridgehead atoms. The fourth-order valence-electron chi connectivity index (χ4n) is 3.86. The van der Waals surface area contributed by atoms with Crippen LogP contribution >= 0.6 is 0 Å². The van der Waals surface area contributed by atoms with Crippen molar-refractivity contribution < 1.29 is 19.1 Å². The van der Waals surface area contributed by atoms with Gasteiger partial charge in [-0.05, 0) is 32.1 Å². The van der Waals surface area contributed by atoms with Crippen LogP contribution in [0.2, 0.25) is 0 Å². The summed E-state index contributed by atoms with van der Waals surface area (Å²) in [5, 5.41) is 2.92. The third-order valence-corrected chi connectivity index (χ3v) is 5.54. The molecule has 0 aromatic heterocycles. The fraction of sp³-hybridized carbons (Fsp3) is 0.583. The van der Waals surface area contributed by atoms with Crippen LogP contribution in [-0.4, -0.2) is 43.5 Å². The van der Waals surface area contributed by atoms with Crippen molar-refractivity contribution in [2.75, 3.05) is 26.1 Å². The first-order valence-electron chi connectivity index (χ1n) is 11.0. The number of methoxy groups -OCH3 is 2. The van der Waals surface area contributed by atoms with E-state index in [4.69, 9.17) is 9.47 Å². The zero-order chi connectivity index (χ0) is 21.8. The van der Waals surface area contributed by atoms with Crippen molar-refractivity contribution >= 4 is 17.5 Å². The number of nitrogens with one attached hydrogen (secondary N) is 1. The highest BCUT2D eigenvalue weighted by Gasteiger charge is 2.33. The Morgan fingerprint density at radius 3 is 2.33 bits per heavy atom. The summed E-state index contributed by atoms with van der Waals surface area (Å²) in [5.41, 5.74) is 0.604. The first-order valence-corrected chi connectivity index (χ1v) is 11.0. The Bertz CT molecular complexity index is 682. The van der Waals surface area contributed by atoms with Crippen molar-refractivity contribution in [3.05, 3.63) is 30.9 Å². The molecule has 1 saturated heterocycles. The van der Waals surface area contributed by atoms with Gasteiger partial charge in [0.25, 0.3) is 0 Å². The Morgan fingerprint density at radius 2 is 1.70 bits per heavy atom. The molecule has 1 aliphatic rings. The molecule has 0 spiro atoms. The molecule has 1 heterocycles. The van der Waals surface area contributed by atoms with Gasteiger partial charge in [0, 0.05) is 36.9 Å². The normalized spacial score (nSPS) is 15.7. The van der Waals surface area contributed by atoms with Gasteiger partial charge in [-0.3, -0.25) is 9.59 Å². The number of benzene rings is 1. The monoisotopic (exact) mass is 416 g/mol. The molecular weight excluding hydrogens is 380 g/mol. The van der Waals surface area contributed by atoms with Crippen molar-refractivity contribution in [3.8, 4) is 11.5 Å². The molecule has 0 aliphatic carbocycles. The molecule has 2 rings (SSSR count). The molecule has 1 N–H and O–H groups in total. The van der Waals surface area contributed by atoms with E-state index >= 15 is 0 Å². The van der Waals surface area contributed by atoms with Crippen molar-refractivity contribution in [1.82, 2.24) is 4.90 Å². The minimum Gasteiger partial charge on any atom is -0.497 e. The summed E-state index contributed by atoms with van der Waals surface area (Å²) in [5.74, 6) is 1.14. The fourth-order valence-corrected chi connectivity index (χ4v) is 3.86. The van der Waals surface area contributed by atoms with Crippen LogP contribution in [0.15, 0.2) is 30.9 Å². The Kier molecular flexibility index (Phi) is 10.3. The van der Waals surface area contributed by atoms with Crippen LogP contribution in [0.1, 0.15) is 64.2 Å². The molecule has 1 unspecified atom stereocenters. The zero-order valence-corrected chi connectivity index (χ0v) is 18.5. The van der Waals surface area contributed by atoms with E-state index in [2.05, 4.69) is 11.9 Å². The Labute approximate surface area is 180 Å². The minimum atomic E-state index is -0.409. The first kappa shape index (κ1) is 23.8. The Hall–Kier alpha value is -2.50. The van der Waals surface area contributed by atoms with Crippen LogP contribution in [0.5, 0.6) is 11.5 Å². The molecule has 1 aliphatic heterocycles. The van der Waals surface area contributed by atoms with E-state index in [1.54, 1.807) is 37.3 Å². The van der Waals surface area contributed by atoms with Gasteiger partial charge >= 0.3 is 0 Å². The maximum atomic E-state index is 12.8. The quantitative estimate of drug-likeness (QED) is 0.365. The SMILES string of the molecule is C=CCCCCCCCCC(=O)N1CCCC1C(=O)Nc1cc(OC)cc(OC)c1. The van der Waals surface area contributed by atoms with Gasteiger partial charge in [-0.1, -0.05) is 31.8 Å². The lowest BCUT2D eigenvalue weighted by atomic mass is 10.1. The molecular formula is C24H36N2O4. The van der Waals surface area contributed by atoms with Crippen molar-refractivity contribution in [2.45, 2.75) is 70.3 Å². The summed E-state index contributed by atoms with van der Waals surface area (Å²) in [7, 11) is 3.14. The Morgan fingerprint density at radius 1 is 1.07 bits per heavy atom. The summed E-state index contributed by atoms with van der Waals surface area (Å²) < 4.78 is 10.5. The smallest absolute Gasteiger partial charge is 0.247 e. The van der Waals surface area contributed by atoms with Crippen molar-refractivity contribution in [1.29, 1.82) is 0 Å². The van der Waals surface area contributed by atoms with Crippen LogP contribution in [0, 0.1) is 0 Å². The third kappa shape index (κ3) is 7.39. The van der Waals surface area contributed by atoms with Gasteiger partial charge in [-0.2, -0.15) is 0 Å². The van der Waals surface area contributed by atoms with Crippen LogP contribution in [0.3, 0.4) is 0 Å². The van der Waals surface area contributed by atoms with Crippen molar-refractivity contribution in [2.24, 2.45) is 0 Å². The minimum absolute atomic E-state index is 0.0857. The van der Waals surface area contributed by atoms with Gasteiger partial charge in [-0.25, -0.2) is 0 Å². The van der Waals surface area contributed by atoms with E-state index < -0.39 is 6.04 Å². The molecule has 6 heteroatoms. The van der Waals surface area contributed by atoms with E-state index in [1.807, 2.05) is 6.08 Å². The average molecular weight is 417 g/mol. The summed E-state index contributed by atoms with van der Waals surface area (Å²) in [4.78, 5) is 27.3. The van der Waals surface area contributed by atoms with E-state index in [0.29, 0.717) is 36.6 Å². The second-order valence-corrected chi connectivity index (χ2v) is 7.78. The highest BCUT2D eigenvalue weighted by atomic mass is 16.5. The Balaban J connectivity index is 1.81. The maximum Gasteiger partial charge on any atom is 0.247 e. The molecule has 2 amide bonds. The summed E-state index contributed by atoms with van der Waals surface area (Å²) >= 11 is 0. The number of nitrogens with zero attached hydrogens (tertiary/aromatic N) is 1. The first-order chi connectivity index (χ1) is 14.6. The van der Waals surface area contributed by atoms with Crippen LogP contribution in [-0.2, 0) is 9.59 Å². The van der Waals surface area contributed by atoms with Gasteiger partial charge in [0.15, 0.2) is 0 Å². The lowest BCUT2D eigenvalue weighted by Crippen LogP contribution is -2.43. The highest BCUT2D eigenvalue weighted by Crippen LogP contribution is 2.27. The molecule has 1 fully saturated rings. The van der Waals surface area contributed by atoms with Gasteiger partial charge < -0.3 is 19.7 Å². The zero-order valence-electron chi connectivity index (χ0n) is 18.5. The van der Waals surface area contributed by atoms with E-state index in [1.165, 1.54) is 19.3 Å². The van der Waals surface area contributed by atoms with Crippen LogP contribution < -0.4 is 14.8 Å². The second-order valence-electron chi connectivity index (χ2n) is 7.78. The largest absolute Gasteiger partial charge is 0.497 e. The van der Waals surface area contributed by atoms with Gasteiger partial charge in [0.2, 0.25) is 11.8 Å². The van der Waals surface area contributed by atoms with Crippen LogP contribution in [0.25, 0.3) is 0 Å². The number of anilines is 1. The van der Waals surface area contributed by atoms with Gasteiger partial charge in [0.1, 0.15) is 17.5 Å². The molecule has 0 saturated carbocycles. The van der Waals surface area contributed by atoms with E-state index in [0.717, 1.165) is 32.1 Å². The lowest BCUT2D eigenvalue weighted by molar-refractivity contribution is -0.136. The number of hydrogen-bond acceptors (Lipinski definition) is 4. The molecule has 6 nitrogen and oxygen atoms in total. The maximum absolute atomic E-state index is 12.8. The predicted molar refractivity (Wildman–Crippen MR) is 120 cm³/mol. The van der Waals surface area contributed by atoms with Crippen LogP contribution in [0.4, 0.5) is 5.69 Å². The third-order valence-electron chi connectivity index (χ3n) is 5.54. The lowest BCUT2D eigenvalue weighted by Gasteiger charge is -2.24. The molecule has 1 atom stereocenters. The number of unbranched alkanes of at least 4 members (excludes halogenated alkanes) is 6. The average Bonchev–Trinajstić information content (AvgIpc) is 3.25.